The van der Waals surface area contributed by atoms with E-state index in [2.05, 4.69) is 16.0 Å². The Hall–Kier alpha value is -2.65. The average Bonchev–Trinajstić information content (AvgIpc) is 3.15. The molecular formula is C17H23N3O6. The van der Waals surface area contributed by atoms with Crippen LogP contribution in [0.25, 0.3) is 0 Å². The number of aliphatic carboxylic acids is 1. The minimum absolute atomic E-state index is 0.00235. The zero-order valence-corrected chi connectivity index (χ0v) is 14.1. The largest absolute Gasteiger partial charge is 0.508 e. The Morgan fingerprint density at radius 3 is 2.38 bits per heavy atom. The highest BCUT2D eigenvalue weighted by Crippen LogP contribution is 2.11. The lowest BCUT2D eigenvalue weighted by atomic mass is 10.1. The van der Waals surface area contributed by atoms with Crippen LogP contribution in [0.3, 0.4) is 0 Å². The highest BCUT2D eigenvalue weighted by atomic mass is 16.4. The van der Waals surface area contributed by atoms with Gasteiger partial charge in [0.05, 0.1) is 12.6 Å². The number of carboxylic acid groups (broad SMARTS) is 1. The Labute approximate surface area is 150 Å². The van der Waals surface area contributed by atoms with Crippen molar-refractivity contribution >= 4 is 17.8 Å². The third-order valence-electron chi connectivity index (χ3n) is 4.18. The first-order chi connectivity index (χ1) is 12.4. The molecule has 1 aromatic carbocycles. The van der Waals surface area contributed by atoms with Crippen molar-refractivity contribution in [1.29, 1.82) is 0 Å². The Morgan fingerprint density at radius 2 is 1.85 bits per heavy atom. The number of phenolic OH excluding ortho intramolecular Hbond substituents is 1. The van der Waals surface area contributed by atoms with Crippen LogP contribution >= 0.6 is 0 Å². The van der Waals surface area contributed by atoms with Crippen molar-refractivity contribution in [1.82, 2.24) is 16.0 Å². The van der Waals surface area contributed by atoms with Crippen LogP contribution in [0.5, 0.6) is 5.75 Å². The maximum absolute atomic E-state index is 12.3. The van der Waals surface area contributed by atoms with E-state index in [0.717, 1.165) is 6.42 Å². The molecule has 0 spiro atoms. The molecule has 9 heteroatoms. The van der Waals surface area contributed by atoms with Gasteiger partial charge in [0.15, 0.2) is 0 Å². The van der Waals surface area contributed by atoms with E-state index < -0.39 is 42.5 Å². The lowest BCUT2D eigenvalue weighted by Gasteiger charge is -2.21. The van der Waals surface area contributed by atoms with Gasteiger partial charge in [0, 0.05) is 6.42 Å². The number of hydrogen-bond donors (Lipinski definition) is 6. The van der Waals surface area contributed by atoms with E-state index in [4.69, 9.17) is 0 Å². The molecule has 1 aromatic rings. The van der Waals surface area contributed by atoms with Gasteiger partial charge in [-0.2, -0.15) is 0 Å². The summed E-state index contributed by atoms with van der Waals surface area (Å²) in [5.74, 6) is -2.37. The number of hydrogen-bond acceptors (Lipinski definition) is 6. The fraction of sp³-hybridized carbons (Fsp3) is 0.471. The lowest BCUT2D eigenvalue weighted by Crippen LogP contribution is -2.56. The third-order valence-corrected chi connectivity index (χ3v) is 4.18. The minimum atomic E-state index is -1.24. The lowest BCUT2D eigenvalue weighted by molar-refractivity contribution is -0.142. The number of aliphatic hydroxyl groups is 1. The number of aromatic hydroxyl groups is 1. The molecule has 1 saturated heterocycles. The number of carbonyl (C=O) groups excluding carboxylic acids is 2. The molecule has 0 aliphatic carbocycles. The van der Waals surface area contributed by atoms with Crippen molar-refractivity contribution in [3.8, 4) is 5.75 Å². The Bertz CT molecular complexity index is 642. The molecule has 2 rings (SSSR count). The van der Waals surface area contributed by atoms with E-state index >= 15 is 0 Å². The molecule has 0 aromatic heterocycles. The maximum atomic E-state index is 12.3. The molecule has 0 bridgehead atoms. The van der Waals surface area contributed by atoms with Gasteiger partial charge in [0.2, 0.25) is 11.8 Å². The Kier molecular flexibility index (Phi) is 6.93. The fourth-order valence-electron chi connectivity index (χ4n) is 2.71. The normalized spacial score (nSPS) is 18.7. The SMILES string of the molecule is O=C(O)[C@H](Cc1ccc(O)cc1)NC(=O)[C@H](CO)NC(=O)[C@@H]1CCCN1. The van der Waals surface area contributed by atoms with Crippen LogP contribution in [0, 0.1) is 0 Å². The molecule has 1 aliphatic heterocycles. The first-order valence-corrected chi connectivity index (χ1v) is 8.36. The highest BCUT2D eigenvalue weighted by molar-refractivity contribution is 5.92. The van der Waals surface area contributed by atoms with Crippen LogP contribution in [-0.4, -0.2) is 64.4 Å². The minimum Gasteiger partial charge on any atom is -0.508 e. The third kappa shape index (κ3) is 5.43. The quantitative estimate of drug-likeness (QED) is 0.337. The molecule has 142 valence electrons. The predicted molar refractivity (Wildman–Crippen MR) is 91.4 cm³/mol. The molecule has 1 heterocycles. The van der Waals surface area contributed by atoms with Gasteiger partial charge in [-0.3, -0.25) is 9.59 Å². The monoisotopic (exact) mass is 365 g/mol. The van der Waals surface area contributed by atoms with Crippen molar-refractivity contribution in [2.75, 3.05) is 13.2 Å². The van der Waals surface area contributed by atoms with Gasteiger partial charge in [-0.1, -0.05) is 12.1 Å². The summed E-state index contributed by atoms with van der Waals surface area (Å²) < 4.78 is 0. The summed E-state index contributed by atoms with van der Waals surface area (Å²) in [6, 6.07) is 3.06. The number of rotatable bonds is 8. The number of amides is 2. The molecule has 3 atom stereocenters. The van der Waals surface area contributed by atoms with Gasteiger partial charge in [-0.15, -0.1) is 0 Å². The maximum Gasteiger partial charge on any atom is 0.326 e. The summed E-state index contributed by atoms with van der Waals surface area (Å²) >= 11 is 0. The fourth-order valence-corrected chi connectivity index (χ4v) is 2.71. The zero-order valence-electron chi connectivity index (χ0n) is 14.1. The second-order valence-corrected chi connectivity index (χ2v) is 6.16. The predicted octanol–water partition coefficient (Wildman–Crippen LogP) is -1.27. The number of aliphatic hydroxyl groups excluding tert-OH is 1. The van der Waals surface area contributed by atoms with Gasteiger partial charge < -0.3 is 31.3 Å². The van der Waals surface area contributed by atoms with Crippen LogP contribution in [0.1, 0.15) is 18.4 Å². The summed E-state index contributed by atoms with van der Waals surface area (Å²) in [4.78, 5) is 35.8. The topological polar surface area (TPSA) is 148 Å². The molecule has 9 nitrogen and oxygen atoms in total. The number of phenols is 1. The standard InChI is InChI=1S/C17H23N3O6/c21-9-14(20-15(23)12-2-1-7-18-12)16(24)19-13(17(25)26)8-10-3-5-11(22)6-4-10/h3-6,12-14,18,21-22H,1-2,7-9H2,(H,19,24)(H,20,23)(H,25,26)/t12-,13-,14-/m0/s1. The number of carboxylic acids is 1. The number of nitrogens with one attached hydrogen (secondary N) is 3. The van der Waals surface area contributed by atoms with Crippen LogP contribution in [0.15, 0.2) is 24.3 Å². The van der Waals surface area contributed by atoms with Gasteiger partial charge in [0.25, 0.3) is 0 Å². The van der Waals surface area contributed by atoms with Crippen LogP contribution in [0.4, 0.5) is 0 Å². The number of carbonyl (C=O) groups is 3. The van der Waals surface area contributed by atoms with E-state index in [-0.39, 0.29) is 12.2 Å². The van der Waals surface area contributed by atoms with Crippen molar-refractivity contribution in [3.05, 3.63) is 29.8 Å². The first kappa shape index (κ1) is 19.7. The second kappa shape index (κ2) is 9.16. The summed E-state index contributed by atoms with van der Waals surface area (Å²) in [7, 11) is 0. The smallest absolute Gasteiger partial charge is 0.326 e. The zero-order chi connectivity index (χ0) is 19.1. The van der Waals surface area contributed by atoms with Gasteiger partial charge >= 0.3 is 5.97 Å². The molecule has 0 radical (unpaired) electrons. The summed E-state index contributed by atoms with van der Waals surface area (Å²) in [6.07, 6.45) is 1.49. The molecule has 2 amide bonds. The molecule has 6 N–H and O–H groups in total. The van der Waals surface area contributed by atoms with E-state index in [1.54, 1.807) is 12.1 Å². The van der Waals surface area contributed by atoms with Gasteiger partial charge in [-0.25, -0.2) is 4.79 Å². The number of benzene rings is 1. The van der Waals surface area contributed by atoms with E-state index in [0.29, 0.717) is 18.5 Å². The second-order valence-electron chi connectivity index (χ2n) is 6.16. The molecule has 0 unspecified atom stereocenters. The molecule has 0 saturated carbocycles. The van der Waals surface area contributed by atoms with Crippen molar-refractivity contribution in [2.45, 2.75) is 37.4 Å². The van der Waals surface area contributed by atoms with E-state index in [1.807, 2.05) is 0 Å². The van der Waals surface area contributed by atoms with Crippen LogP contribution in [-0.2, 0) is 20.8 Å². The Balaban J connectivity index is 1.96. The van der Waals surface area contributed by atoms with Crippen molar-refractivity contribution in [2.24, 2.45) is 0 Å². The van der Waals surface area contributed by atoms with Crippen molar-refractivity contribution < 1.29 is 29.7 Å². The average molecular weight is 365 g/mol. The van der Waals surface area contributed by atoms with Gasteiger partial charge in [0.1, 0.15) is 17.8 Å². The van der Waals surface area contributed by atoms with Crippen molar-refractivity contribution in [3.63, 3.8) is 0 Å². The summed E-state index contributed by atoms with van der Waals surface area (Å²) in [5.41, 5.74) is 0.607. The first-order valence-electron chi connectivity index (χ1n) is 8.36. The van der Waals surface area contributed by atoms with Gasteiger partial charge in [-0.05, 0) is 37.1 Å². The molecule has 1 aliphatic rings. The van der Waals surface area contributed by atoms with E-state index in [9.17, 15) is 29.7 Å². The van der Waals surface area contributed by atoms with Crippen LogP contribution in [0.2, 0.25) is 0 Å². The Morgan fingerprint density at radius 1 is 1.15 bits per heavy atom. The highest BCUT2D eigenvalue weighted by Gasteiger charge is 2.29. The van der Waals surface area contributed by atoms with Crippen LogP contribution < -0.4 is 16.0 Å². The summed E-state index contributed by atoms with van der Waals surface area (Å²) in [5, 5.41) is 35.7. The summed E-state index contributed by atoms with van der Waals surface area (Å²) in [6.45, 7) is 0.0671. The molecular weight excluding hydrogens is 342 g/mol. The van der Waals surface area contributed by atoms with E-state index in [1.165, 1.54) is 12.1 Å². The molecule has 26 heavy (non-hydrogen) atoms. The molecule has 1 fully saturated rings.